The van der Waals surface area contributed by atoms with Gasteiger partial charge in [0.2, 0.25) is 29.5 Å². The van der Waals surface area contributed by atoms with Crippen molar-refractivity contribution in [2.24, 2.45) is 11.8 Å². The van der Waals surface area contributed by atoms with Gasteiger partial charge in [-0.15, -0.1) is 0 Å². The highest BCUT2D eigenvalue weighted by Gasteiger charge is 2.30. The van der Waals surface area contributed by atoms with Crippen LogP contribution in [0.25, 0.3) is 0 Å². The van der Waals surface area contributed by atoms with Crippen LogP contribution >= 0.6 is 12.8 Å². The molecule has 0 aromatic rings. The molecule has 0 heterocycles. The van der Waals surface area contributed by atoms with Crippen molar-refractivity contribution in [3.8, 4) is 0 Å². The summed E-state index contributed by atoms with van der Waals surface area (Å²) < 4.78 is 23.8. The number of hydrogen-bond acceptors (Lipinski definition) is 14. The third-order valence-electron chi connectivity index (χ3n) is 12.7. The molecule has 1 rings (SSSR count). The zero-order valence-electron chi connectivity index (χ0n) is 43.6. The molecule has 1 fully saturated rings. The number of ether oxygens (including phenoxy) is 4. The first-order chi connectivity index (χ1) is 35.3. The highest BCUT2D eigenvalue weighted by Crippen LogP contribution is 2.29. The van der Waals surface area contributed by atoms with Gasteiger partial charge in [0.05, 0.1) is 39.6 Å². The molecular weight excluding hydrogens is 969 g/mol. The fraction of sp³-hybridized carbons (Fsp3) is 0.843. The maximum Gasteiger partial charge on any atom is 0.326 e. The normalized spacial score (nSPS) is 15.2. The number of hydrogen-bond donors (Lipinski definition) is 10. The van der Waals surface area contributed by atoms with Crippen LogP contribution in [0.3, 0.4) is 0 Å². The van der Waals surface area contributed by atoms with E-state index in [2.05, 4.69) is 44.1 Å². The topological polar surface area (TPSA) is 306 Å². The van der Waals surface area contributed by atoms with Crippen LogP contribution in [0.1, 0.15) is 173 Å². The van der Waals surface area contributed by atoms with Gasteiger partial charge in [-0.25, -0.2) is 4.79 Å². The molecule has 0 aromatic heterocycles. The van der Waals surface area contributed by atoms with Crippen molar-refractivity contribution < 1.29 is 72.6 Å². The van der Waals surface area contributed by atoms with E-state index in [1.807, 2.05) is 0 Å². The van der Waals surface area contributed by atoms with Gasteiger partial charge in [0.1, 0.15) is 25.3 Å². The average Bonchev–Trinajstić information content (AvgIpc) is 3.36. The molecule has 21 nitrogen and oxygen atoms in total. The number of carboxylic acids is 3. The maximum atomic E-state index is 13.0. The second-order valence-corrected chi connectivity index (χ2v) is 19.2. The summed E-state index contributed by atoms with van der Waals surface area (Å²) in [7, 11) is 0. The molecule has 1 aliphatic rings. The molecule has 5 amide bonds. The van der Waals surface area contributed by atoms with Crippen LogP contribution in [0.2, 0.25) is 0 Å². The van der Waals surface area contributed by atoms with E-state index in [1.165, 1.54) is 64.2 Å². The molecule has 0 aromatic carbocycles. The molecule has 73 heavy (non-hydrogen) atoms. The Balaban J connectivity index is 1.97. The third-order valence-corrected chi connectivity index (χ3v) is 13.0. The number of aliphatic carboxylic acids is 3. The molecule has 0 unspecified atom stereocenters. The van der Waals surface area contributed by atoms with Crippen molar-refractivity contribution in [2.75, 3.05) is 79.0 Å². The highest BCUT2D eigenvalue weighted by atomic mass is 32.1. The predicted octanol–water partition coefficient (Wildman–Crippen LogP) is 4.84. The van der Waals surface area contributed by atoms with Gasteiger partial charge in [0.15, 0.2) is 0 Å². The first kappa shape index (κ1) is 66.9. The standard InChI is InChI=1S/C51H92N6O15S/c58-44(20-15-13-11-9-7-5-3-1-2-4-6-8-10-12-14-16-21-48(62)63)55-37-40-22-24-41(25-23-40)49(64)56-42(50(65)66)26-27-45(59)53-29-31-69-33-36-72-39-47(61)54-30-32-70-34-35-71-38-46(60)52-28-18-17-19-43(57-73)51(67)68/h40-43,57,73H,1-39H2,(H,52,60)(H,53,59)(H,54,61)(H,55,58)(H,56,64)(H,62,63)(H,65,66)(H,67,68)/t40-,41-,42-,43-/m0/s1. The largest absolute Gasteiger partial charge is 0.481 e. The Hall–Kier alpha value is -4.09. The van der Waals surface area contributed by atoms with Crippen LogP contribution in [0.15, 0.2) is 0 Å². The monoisotopic (exact) mass is 1060 g/mol. The minimum atomic E-state index is -1.21. The SMILES string of the molecule is O=C(O)CCCCCCCCCCCCCCCCCCC(=O)NC[C@H]1CC[C@H](C(=O)N[C@@H](CCC(=O)NCCOCCOCC(=O)NCCOCCOCC(=O)NCCCC[C@H](NS)C(=O)O)C(=O)O)CC1. The van der Waals surface area contributed by atoms with Crippen LogP contribution in [0.5, 0.6) is 0 Å². The Kier molecular flexibility index (Phi) is 42.6. The van der Waals surface area contributed by atoms with Gasteiger partial charge in [-0.3, -0.25) is 38.3 Å². The molecule has 0 radical (unpaired) electrons. The smallest absolute Gasteiger partial charge is 0.326 e. The minimum Gasteiger partial charge on any atom is -0.481 e. The van der Waals surface area contributed by atoms with Crippen molar-refractivity contribution >= 4 is 60.3 Å². The number of carboxylic acid groups (broad SMARTS) is 3. The third kappa shape index (κ3) is 40.9. The molecule has 1 saturated carbocycles. The summed E-state index contributed by atoms with van der Waals surface area (Å²) in [5.74, 6) is -4.18. The lowest BCUT2D eigenvalue weighted by Crippen LogP contribution is -2.45. The summed E-state index contributed by atoms with van der Waals surface area (Å²) in [6.07, 6.45) is 23.7. The summed E-state index contributed by atoms with van der Waals surface area (Å²) in [5, 5.41) is 41.0. The summed E-state index contributed by atoms with van der Waals surface area (Å²) in [6.45, 7) is 2.27. The Labute approximate surface area is 439 Å². The van der Waals surface area contributed by atoms with Crippen molar-refractivity contribution in [2.45, 2.75) is 185 Å². The van der Waals surface area contributed by atoms with Gasteiger partial charge in [-0.1, -0.05) is 103 Å². The van der Waals surface area contributed by atoms with Gasteiger partial charge in [-0.2, -0.15) is 0 Å². The molecule has 22 heteroatoms. The van der Waals surface area contributed by atoms with Gasteiger partial charge < -0.3 is 60.9 Å². The van der Waals surface area contributed by atoms with E-state index in [9.17, 15) is 43.5 Å². The fourth-order valence-electron chi connectivity index (χ4n) is 8.26. The molecule has 9 N–H and O–H groups in total. The van der Waals surface area contributed by atoms with E-state index in [1.54, 1.807) is 0 Å². The second kappa shape index (κ2) is 46.4. The first-order valence-corrected chi connectivity index (χ1v) is 27.5. The molecule has 2 atom stereocenters. The summed E-state index contributed by atoms with van der Waals surface area (Å²) in [5.41, 5.74) is 0. The van der Waals surface area contributed by atoms with E-state index in [-0.39, 0.29) is 127 Å². The maximum absolute atomic E-state index is 13.0. The first-order valence-electron chi connectivity index (χ1n) is 27.1. The Morgan fingerprint density at radius 1 is 0.438 bits per heavy atom. The number of carbonyl (C=O) groups excluding carboxylic acids is 5. The number of amides is 5. The Morgan fingerprint density at radius 3 is 1.36 bits per heavy atom. The summed E-state index contributed by atoms with van der Waals surface area (Å²) in [6, 6.07) is -1.93. The molecule has 0 spiro atoms. The van der Waals surface area contributed by atoms with Crippen LogP contribution in [0, 0.1) is 11.8 Å². The van der Waals surface area contributed by atoms with E-state index in [4.69, 9.17) is 29.2 Å². The van der Waals surface area contributed by atoms with Gasteiger partial charge >= 0.3 is 17.9 Å². The van der Waals surface area contributed by atoms with Crippen molar-refractivity contribution in [1.82, 2.24) is 31.3 Å². The molecule has 422 valence electrons. The molecule has 0 saturated heterocycles. The lowest BCUT2D eigenvalue weighted by molar-refractivity contribution is -0.143. The number of unbranched alkanes of at least 4 members (excludes halogenated alkanes) is 16. The summed E-state index contributed by atoms with van der Waals surface area (Å²) >= 11 is 3.78. The molecule has 0 bridgehead atoms. The Morgan fingerprint density at radius 2 is 0.877 bits per heavy atom. The van der Waals surface area contributed by atoms with Crippen molar-refractivity contribution in [3.05, 3.63) is 0 Å². The van der Waals surface area contributed by atoms with Crippen LogP contribution in [0.4, 0.5) is 0 Å². The molecule has 0 aliphatic heterocycles. The lowest BCUT2D eigenvalue weighted by Gasteiger charge is -2.28. The molecular formula is C51H92N6O15S. The van der Waals surface area contributed by atoms with Gasteiger partial charge in [0, 0.05) is 51.4 Å². The van der Waals surface area contributed by atoms with Crippen LogP contribution in [-0.2, 0) is 57.3 Å². The van der Waals surface area contributed by atoms with Crippen LogP contribution in [-0.4, -0.2) is 154 Å². The predicted molar refractivity (Wildman–Crippen MR) is 278 cm³/mol. The van der Waals surface area contributed by atoms with E-state index >= 15 is 0 Å². The highest BCUT2D eigenvalue weighted by molar-refractivity contribution is 7.78. The van der Waals surface area contributed by atoms with E-state index < -0.39 is 30.0 Å². The second-order valence-electron chi connectivity index (χ2n) is 18.9. The quantitative estimate of drug-likeness (QED) is 0.0288. The van der Waals surface area contributed by atoms with Crippen molar-refractivity contribution in [1.29, 1.82) is 0 Å². The van der Waals surface area contributed by atoms with Crippen LogP contribution < -0.4 is 31.3 Å². The average molecular weight is 1060 g/mol. The zero-order valence-corrected chi connectivity index (χ0v) is 44.5. The van der Waals surface area contributed by atoms with Gasteiger partial charge in [-0.05, 0) is 70.1 Å². The summed E-state index contributed by atoms with van der Waals surface area (Å²) in [4.78, 5) is 95.0. The zero-order chi connectivity index (χ0) is 53.6. The van der Waals surface area contributed by atoms with E-state index in [0.29, 0.717) is 51.6 Å². The number of thiol groups is 1. The number of rotatable bonds is 50. The van der Waals surface area contributed by atoms with E-state index in [0.717, 1.165) is 51.4 Å². The van der Waals surface area contributed by atoms with Gasteiger partial charge in [0.25, 0.3) is 0 Å². The number of nitrogens with one attached hydrogen (secondary N) is 6. The molecule has 1 aliphatic carbocycles. The van der Waals surface area contributed by atoms with Crippen molar-refractivity contribution in [3.63, 3.8) is 0 Å². The number of carbonyl (C=O) groups is 8. The fourth-order valence-corrected chi connectivity index (χ4v) is 8.50. The lowest BCUT2D eigenvalue weighted by atomic mass is 9.81. The Bertz CT molecular complexity index is 1520. The minimum absolute atomic E-state index is 0.0618.